The quantitative estimate of drug-likeness (QED) is 0.116. The maximum atomic E-state index is 14.7. The third-order valence-electron chi connectivity index (χ3n) is 11.2. The predicted octanol–water partition coefficient (Wildman–Crippen LogP) is 7.21. The molecule has 3 rings (SSSR count). The summed E-state index contributed by atoms with van der Waals surface area (Å²) in [5.74, 6) is -4.12. The first-order chi connectivity index (χ1) is 27.3. The molecular weight excluding hydrogens is 778 g/mol. The lowest BCUT2D eigenvalue weighted by Gasteiger charge is -2.39. The first kappa shape index (κ1) is 48.5. The summed E-state index contributed by atoms with van der Waals surface area (Å²) in [5, 5.41) is 14.2. The van der Waals surface area contributed by atoms with E-state index >= 15 is 0 Å². The Morgan fingerprint density at radius 3 is 2.29 bits per heavy atom. The van der Waals surface area contributed by atoms with Crippen LogP contribution in [0.25, 0.3) is 0 Å². The van der Waals surface area contributed by atoms with Crippen molar-refractivity contribution in [2.75, 3.05) is 33.9 Å². The van der Waals surface area contributed by atoms with E-state index in [4.69, 9.17) is 9.47 Å². The summed E-state index contributed by atoms with van der Waals surface area (Å²) in [6.07, 6.45) is -1.72. The minimum absolute atomic E-state index is 0.00281. The molecule has 1 aromatic heterocycles. The number of thiazole rings is 1. The number of carboxylic acid groups (broad SMARTS) is 1. The number of nitrogens with one attached hydrogen (secondary N) is 1. The molecule has 2 amide bonds. The fraction of sp³-hybridized carbons (Fsp3) is 0.667. The van der Waals surface area contributed by atoms with Gasteiger partial charge in [-0.1, -0.05) is 59.6 Å². The van der Waals surface area contributed by atoms with E-state index in [-0.39, 0.29) is 74.1 Å². The monoisotopic (exact) mass is 838 g/mol. The fourth-order valence-corrected chi connectivity index (χ4v) is 8.35. The summed E-state index contributed by atoms with van der Waals surface area (Å²) < 4.78 is 50.7. The summed E-state index contributed by atoms with van der Waals surface area (Å²) >= 11 is 1.09. The number of benzene rings is 1. The van der Waals surface area contributed by atoms with E-state index in [0.29, 0.717) is 17.0 Å². The number of carbonyl (C=O) groups is 5. The second kappa shape index (κ2) is 22.5. The number of carbonyl (C=O) groups excluding carboxylic acids is 4. The van der Waals surface area contributed by atoms with Crippen molar-refractivity contribution in [2.45, 2.75) is 123 Å². The largest absolute Gasteiger partial charge is 0.481 e. The van der Waals surface area contributed by atoms with Gasteiger partial charge in [-0.25, -0.2) is 4.98 Å². The van der Waals surface area contributed by atoms with E-state index in [1.54, 1.807) is 12.0 Å². The fourth-order valence-electron chi connectivity index (χ4n) is 7.51. The molecule has 7 atom stereocenters. The molecule has 0 radical (unpaired) electrons. The van der Waals surface area contributed by atoms with Gasteiger partial charge in [0.15, 0.2) is 11.9 Å². The molecule has 1 aliphatic heterocycles. The van der Waals surface area contributed by atoms with Gasteiger partial charge in [-0.15, -0.1) is 11.3 Å². The zero-order valence-corrected chi connectivity index (χ0v) is 35.8. The number of likely N-dealkylation sites (N-methyl/N-ethyl adjacent to an activating group) is 1. The van der Waals surface area contributed by atoms with Gasteiger partial charge >= 0.3 is 18.1 Å². The number of amides is 2. The Hall–Kier alpha value is -3.89. The molecule has 1 fully saturated rings. The highest BCUT2D eigenvalue weighted by molar-refractivity contribution is 7.09. The number of halogens is 3. The number of hydrogen-bond acceptors (Lipinski definition) is 10. The van der Waals surface area contributed by atoms with Crippen molar-refractivity contribution in [3.63, 3.8) is 0 Å². The SMILES string of the molecule is CCC(C)C(CC(=O)C1CCCCN1C)C(=O)N(CCOC)[C@H](C[C@@H](OC(C)=O)c1nc(C(=O)N[C@@H](Cc2ccc(C(F)(F)F)cc2)C[C@H](C)C(=O)O)cs1)C(C)C. The second-order valence-electron chi connectivity index (χ2n) is 15.9. The molecule has 0 saturated carbocycles. The van der Waals surface area contributed by atoms with Gasteiger partial charge in [0, 0.05) is 56.8 Å². The van der Waals surface area contributed by atoms with Crippen molar-refractivity contribution in [1.29, 1.82) is 0 Å². The first-order valence-corrected chi connectivity index (χ1v) is 21.0. The highest BCUT2D eigenvalue weighted by atomic mass is 32.1. The van der Waals surface area contributed by atoms with E-state index in [1.807, 2.05) is 34.7 Å². The van der Waals surface area contributed by atoms with E-state index in [2.05, 4.69) is 15.2 Å². The van der Waals surface area contributed by atoms with Crippen molar-refractivity contribution < 1.29 is 51.7 Å². The Balaban J connectivity index is 1.90. The molecule has 2 N–H and O–H groups in total. The number of ketones is 1. The zero-order chi connectivity index (χ0) is 43.3. The summed E-state index contributed by atoms with van der Waals surface area (Å²) in [6.45, 7) is 11.9. The molecule has 16 heteroatoms. The third kappa shape index (κ3) is 14.1. The van der Waals surface area contributed by atoms with Gasteiger partial charge in [0.1, 0.15) is 10.7 Å². The molecule has 12 nitrogen and oxygen atoms in total. The first-order valence-electron chi connectivity index (χ1n) is 20.1. The predicted molar refractivity (Wildman–Crippen MR) is 214 cm³/mol. The number of nitrogens with zero attached hydrogens (tertiary/aromatic N) is 3. The molecule has 1 aromatic carbocycles. The van der Waals surface area contributed by atoms with Crippen LogP contribution in [0.3, 0.4) is 0 Å². The van der Waals surface area contributed by atoms with Crippen LogP contribution in [0, 0.1) is 23.7 Å². The molecular formula is C42H61F3N4O8S. The Morgan fingerprint density at radius 2 is 1.74 bits per heavy atom. The number of rotatable bonds is 22. The molecule has 0 bridgehead atoms. The van der Waals surface area contributed by atoms with Crippen LogP contribution in [0.15, 0.2) is 29.6 Å². The van der Waals surface area contributed by atoms with Crippen LogP contribution in [-0.4, -0.2) is 101 Å². The molecule has 0 spiro atoms. The van der Waals surface area contributed by atoms with Crippen molar-refractivity contribution in [3.05, 3.63) is 51.5 Å². The molecule has 58 heavy (non-hydrogen) atoms. The average Bonchev–Trinajstić information content (AvgIpc) is 3.66. The number of carboxylic acids is 1. The molecule has 1 aliphatic rings. The number of Topliss-reactive ketones (excluding diaryl/α,β-unsaturated/α-hetero) is 1. The maximum absolute atomic E-state index is 14.7. The summed E-state index contributed by atoms with van der Waals surface area (Å²) in [7, 11) is 3.49. The van der Waals surface area contributed by atoms with Crippen LogP contribution in [0.1, 0.15) is 119 Å². The van der Waals surface area contributed by atoms with Crippen molar-refractivity contribution in [2.24, 2.45) is 23.7 Å². The number of ether oxygens (including phenoxy) is 2. The Morgan fingerprint density at radius 1 is 1.07 bits per heavy atom. The van der Waals surface area contributed by atoms with Gasteiger partial charge in [-0.05, 0) is 68.8 Å². The lowest BCUT2D eigenvalue weighted by molar-refractivity contribution is -0.150. The number of aromatic nitrogens is 1. The van der Waals surface area contributed by atoms with E-state index in [9.17, 15) is 42.3 Å². The van der Waals surface area contributed by atoms with Crippen molar-refractivity contribution in [1.82, 2.24) is 20.1 Å². The molecule has 2 heterocycles. The van der Waals surface area contributed by atoms with E-state index in [0.717, 1.165) is 49.3 Å². The number of alkyl halides is 3. The Labute approximate surface area is 344 Å². The van der Waals surface area contributed by atoms with Gasteiger partial charge in [0.2, 0.25) is 5.91 Å². The van der Waals surface area contributed by atoms with Crippen LogP contribution < -0.4 is 5.32 Å². The van der Waals surface area contributed by atoms with Gasteiger partial charge in [0.05, 0.1) is 24.1 Å². The maximum Gasteiger partial charge on any atom is 0.416 e. The van der Waals surface area contributed by atoms with Gasteiger partial charge in [-0.3, -0.25) is 28.9 Å². The number of methoxy groups -OCH3 is 1. The lowest BCUT2D eigenvalue weighted by atomic mass is 9.82. The van der Waals surface area contributed by atoms with Crippen LogP contribution >= 0.6 is 11.3 Å². The molecule has 1 saturated heterocycles. The van der Waals surface area contributed by atoms with Crippen molar-refractivity contribution >= 4 is 40.9 Å². The number of hydrogen-bond donors (Lipinski definition) is 2. The average molecular weight is 839 g/mol. The van der Waals surface area contributed by atoms with E-state index < -0.39 is 59.6 Å². The molecule has 324 valence electrons. The smallest absolute Gasteiger partial charge is 0.416 e. The number of piperidine rings is 1. The minimum atomic E-state index is -4.52. The van der Waals surface area contributed by atoms with Crippen LogP contribution in [0.2, 0.25) is 0 Å². The molecule has 3 unspecified atom stereocenters. The number of esters is 1. The van der Waals surface area contributed by atoms with E-state index in [1.165, 1.54) is 31.4 Å². The minimum Gasteiger partial charge on any atom is -0.481 e. The van der Waals surface area contributed by atoms with Crippen LogP contribution in [0.5, 0.6) is 0 Å². The van der Waals surface area contributed by atoms with Gasteiger partial charge in [0.25, 0.3) is 5.91 Å². The highest BCUT2D eigenvalue weighted by Crippen LogP contribution is 2.34. The highest BCUT2D eigenvalue weighted by Gasteiger charge is 2.39. The lowest BCUT2D eigenvalue weighted by Crippen LogP contribution is -2.50. The van der Waals surface area contributed by atoms with Crippen molar-refractivity contribution in [3.8, 4) is 0 Å². The standard InChI is InChI=1S/C42H61F3N4O8S/c1-9-26(4)32(22-36(51)34-12-10-11-17-48(34)7)40(53)49(18-19-56-8)35(25(2)3)23-37(57-28(6)50)39-47-33(24-58-39)38(52)46-31(20-27(5)41(54)55)21-29-13-15-30(16-14-29)42(43,44)45/h13-16,24-27,31-32,34-35,37H,9-12,17-23H2,1-8H3,(H,46,52)(H,54,55)/t26?,27-,31+,32?,34?,35+,37+/m0/s1. The van der Waals surface area contributed by atoms with Gasteiger partial charge in [-0.2, -0.15) is 13.2 Å². The normalized spacial score (nSPS) is 18.1. The number of likely N-dealkylation sites (tertiary alicyclic amines) is 1. The Kier molecular flexibility index (Phi) is 18.8. The van der Waals surface area contributed by atoms with Crippen LogP contribution in [0.4, 0.5) is 13.2 Å². The summed E-state index contributed by atoms with van der Waals surface area (Å²) in [4.78, 5) is 74.6. The second-order valence-corrected chi connectivity index (χ2v) is 16.8. The molecule has 0 aliphatic carbocycles. The summed E-state index contributed by atoms with van der Waals surface area (Å²) in [6, 6.07) is 2.98. The van der Waals surface area contributed by atoms with Crippen LogP contribution in [-0.2, 0) is 41.2 Å². The molecule has 2 aromatic rings. The summed E-state index contributed by atoms with van der Waals surface area (Å²) in [5.41, 5.74) is -0.376. The Bertz CT molecular complexity index is 1670. The third-order valence-corrected chi connectivity index (χ3v) is 12.1. The zero-order valence-electron chi connectivity index (χ0n) is 35.0. The van der Waals surface area contributed by atoms with Gasteiger partial charge < -0.3 is 24.8 Å². The number of aliphatic carboxylic acids is 1. The topological polar surface area (TPSA) is 155 Å².